The minimum absolute atomic E-state index is 0.156. The highest BCUT2D eigenvalue weighted by Crippen LogP contribution is 2.16. The van der Waals surface area contributed by atoms with Crippen molar-refractivity contribution >= 4 is 29.1 Å². The van der Waals surface area contributed by atoms with Crippen LogP contribution in [0.2, 0.25) is 5.02 Å². The second kappa shape index (κ2) is 7.74. The van der Waals surface area contributed by atoms with Crippen molar-refractivity contribution in [3.63, 3.8) is 0 Å². The zero-order chi connectivity index (χ0) is 16.8. The van der Waals surface area contributed by atoms with Crippen LogP contribution in [0.1, 0.15) is 22.8 Å². The molecule has 2 rings (SSSR count). The van der Waals surface area contributed by atoms with Crippen molar-refractivity contribution in [2.45, 2.75) is 13.3 Å². The fourth-order valence-corrected chi connectivity index (χ4v) is 2.23. The highest BCUT2D eigenvalue weighted by Gasteiger charge is 2.13. The monoisotopic (exact) mass is 334 g/mol. The molecule has 2 N–H and O–H groups in total. The van der Waals surface area contributed by atoms with Gasteiger partial charge in [0.1, 0.15) is 5.82 Å². The highest BCUT2D eigenvalue weighted by atomic mass is 35.5. The number of aryl methyl sites for hydroxylation is 1. The van der Waals surface area contributed by atoms with Crippen molar-refractivity contribution in [1.82, 2.24) is 5.32 Å². The van der Waals surface area contributed by atoms with Gasteiger partial charge < -0.3 is 10.6 Å². The third-order valence-electron chi connectivity index (χ3n) is 3.26. The van der Waals surface area contributed by atoms with Crippen LogP contribution in [0.15, 0.2) is 42.5 Å². The van der Waals surface area contributed by atoms with Gasteiger partial charge in [0.25, 0.3) is 5.91 Å². The lowest BCUT2D eigenvalue weighted by atomic mass is 10.1. The van der Waals surface area contributed by atoms with E-state index in [1.807, 2.05) is 25.1 Å². The summed E-state index contributed by atoms with van der Waals surface area (Å²) in [7, 11) is 0. The molecule has 0 aliphatic carbocycles. The summed E-state index contributed by atoms with van der Waals surface area (Å²) < 4.78 is 13.6. The molecule has 0 atom stereocenters. The Morgan fingerprint density at radius 2 is 1.91 bits per heavy atom. The lowest BCUT2D eigenvalue weighted by molar-refractivity contribution is -0.115. The summed E-state index contributed by atoms with van der Waals surface area (Å²) in [5.74, 6) is -1.78. The van der Waals surface area contributed by atoms with Crippen molar-refractivity contribution < 1.29 is 14.0 Å². The van der Waals surface area contributed by atoms with Gasteiger partial charge in [-0.25, -0.2) is 4.39 Å². The summed E-state index contributed by atoms with van der Waals surface area (Å²) in [5.41, 5.74) is 1.54. The van der Waals surface area contributed by atoms with Crippen molar-refractivity contribution in [2.24, 2.45) is 0 Å². The van der Waals surface area contributed by atoms with Gasteiger partial charge in [-0.3, -0.25) is 9.59 Å². The smallest absolute Gasteiger partial charge is 0.254 e. The Labute approximate surface area is 138 Å². The molecule has 23 heavy (non-hydrogen) atoms. The lowest BCUT2D eigenvalue weighted by Gasteiger charge is -2.10. The largest absolute Gasteiger partial charge is 0.343 e. The van der Waals surface area contributed by atoms with Crippen LogP contribution in [0.3, 0.4) is 0 Å². The molecule has 0 unspecified atom stereocenters. The molecule has 0 spiro atoms. The Balaban J connectivity index is 1.95. The molecule has 0 saturated carbocycles. The number of para-hydroxylation sites is 1. The molecule has 0 aliphatic heterocycles. The quantitative estimate of drug-likeness (QED) is 0.880. The van der Waals surface area contributed by atoms with Crippen molar-refractivity contribution in [2.75, 3.05) is 11.9 Å². The zero-order valence-corrected chi connectivity index (χ0v) is 13.3. The Morgan fingerprint density at radius 3 is 2.61 bits per heavy atom. The average molecular weight is 335 g/mol. The van der Waals surface area contributed by atoms with Gasteiger partial charge in [-0.15, -0.1) is 0 Å². The van der Waals surface area contributed by atoms with Gasteiger partial charge in [-0.2, -0.15) is 0 Å². The SMILES string of the molecule is CCc1ccccc1NC(=O)CNC(=O)c1ccc(Cl)cc1F. The Kier molecular flexibility index (Phi) is 5.71. The molecule has 2 amide bonds. The molecular weight excluding hydrogens is 319 g/mol. The maximum Gasteiger partial charge on any atom is 0.254 e. The predicted octanol–water partition coefficient (Wildman–Crippen LogP) is 3.41. The first-order valence-electron chi connectivity index (χ1n) is 7.12. The molecule has 120 valence electrons. The maximum absolute atomic E-state index is 13.6. The molecule has 4 nitrogen and oxygen atoms in total. The standard InChI is InChI=1S/C17H16ClFN2O2/c1-2-11-5-3-4-6-15(11)21-16(22)10-20-17(23)13-8-7-12(18)9-14(13)19/h3-9H,2,10H2,1H3,(H,20,23)(H,21,22). The van der Waals surface area contributed by atoms with Gasteiger partial charge >= 0.3 is 0 Å². The predicted molar refractivity (Wildman–Crippen MR) is 88.2 cm³/mol. The number of hydrogen-bond donors (Lipinski definition) is 2. The van der Waals surface area contributed by atoms with E-state index in [0.717, 1.165) is 18.1 Å². The van der Waals surface area contributed by atoms with Gasteiger partial charge in [-0.1, -0.05) is 36.7 Å². The van der Waals surface area contributed by atoms with Gasteiger partial charge in [-0.05, 0) is 36.2 Å². The summed E-state index contributed by atoms with van der Waals surface area (Å²) in [4.78, 5) is 23.8. The fraction of sp³-hybridized carbons (Fsp3) is 0.176. The maximum atomic E-state index is 13.6. The van der Waals surface area contributed by atoms with Crippen LogP contribution in [-0.4, -0.2) is 18.4 Å². The molecule has 0 heterocycles. The van der Waals surface area contributed by atoms with Crippen LogP contribution < -0.4 is 10.6 Å². The van der Waals surface area contributed by atoms with E-state index >= 15 is 0 Å². The zero-order valence-electron chi connectivity index (χ0n) is 12.5. The van der Waals surface area contributed by atoms with Crippen LogP contribution in [0, 0.1) is 5.82 Å². The number of benzene rings is 2. The van der Waals surface area contributed by atoms with E-state index in [1.54, 1.807) is 6.07 Å². The number of amides is 2. The summed E-state index contributed by atoms with van der Waals surface area (Å²) in [5, 5.41) is 5.31. The molecule has 0 radical (unpaired) electrons. The summed E-state index contributed by atoms with van der Waals surface area (Å²) in [6.45, 7) is 1.73. The van der Waals surface area contributed by atoms with Crippen molar-refractivity contribution in [3.8, 4) is 0 Å². The summed E-state index contributed by atoms with van der Waals surface area (Å²) >= 11 is 5.63. The van der Waals surface area contributed by atoms with E-state index in [-0.39, 0.29) is 23.0 Å². The molecule has 2 aromatic rings. The Morgan fingerprint density at radius 1 is 1.17 bits per heavy atom. The van der Waals surface area contributed by atoms with Crippen molar-refractivity contribution in [1.29, 1.82) is 0 Å². The summed E-state index contributed by atoms with van der Waals surface area (Å²) in [6, 6.07) is 11.1. The number of carbonyl (C=O) groups is 2. The third kappa shape index (κ3) is 4.53. The number of rotatable bonds is 5. The molecule has 0 saturated heterocycles. The highest BCUT2D eigenvalue weighted by molar-refractivity contribution is 6.30. The van der Waals surface area contributed by atoms with Gasteiger partial charge in [0, 0.05) is 10.7 Å². The second-order valence-electron chi connectivity index (χ2n) is 4.87. The van der Waals surface area contributed by atoms with Gasteiger partial charge in [0.05, 0.1) is 12.1 Å². The van der Waals surface area contributed by atoms with E-state index in [2.05, 4.69) is 10.6 Å². The van der Waals surface area contributed by atoms with E-state index in [9.17, 15) is 14.0 Å². The molecular formula is C17H16ClFN2O2. The third-order valence-corrected chi connectivity index (χ3v) is 3.49. The van der Waals surface area contributed by atoms with E-state index in [1.165, 1.54) is 12.1 Å². The number of nitrogens with one attached hydrogen (secondary N) is 2. The molecule has 0 bridgehead atoms. The molecule has 0 aliphatic rings. The number of hydrogen-bond acceptors (Lipinski definition) is 2. The van der Waals surface area contributed by atoms with Gasteiger partial charge in [0.2, 0.25) is 5.91 Å². The van der Waals surface area contributed by atoms with Gasteiger partial charge in [0.15, 0.2) is 0 Å². The minimum Gasteiger partial charge on any atom is -0.343 e. The van der Waals surface area contributed by atoms with Crippen LogP contribution in [-0.2, 0) is 11.2 Å². The van der Waals surface area contributed by atoms with E-state index < -0.39 is 11.7 Å². The van der Waals surface area contributed by atoms with Crippen LogP contribution >= 0.6 is 11.6 Å². The van der Waals surface area contributed by atoms with E-state index in [4.69, 9.17) is 11.6 Å². The second-order valence-corrected chi connectivity index (χ2v) is 5.30. The lowest BCUT2D eigenvalue weighted by Crippen LogP contribution is -2.33. The fourth-order valence-electron chi connectivity index (χ4n) is 2.07. The topological polar surface area (TPSA) is 58.2 Å². The van der Waals surface area contributed by atoms with Crippen molar-refractivity contribution in [3.05, 3.63) is 64.4 Å². The van der Waals surface area contributed by atoms with Crippen LogP contribution in [0.5, 0.6) is 0 Å². The normalized spacial score (nSPS) is 10.2. The molecule has 2 aromatic carbocycles. The Hall–Kier alpha value is -2.40. The number of halogens is 2. The minimum atomic E-state index is -0.730. The molecule has 0 fully saturated rings. The first kappa shape index (κ1) is 17.0. The van der Waals surface area contributed by atoms with Crippen LogP contribution in [0.25, 0.3) is 0 Å². The first-order chi connectivity index (χ1) is 11.0. The number of anilines is 1. The summed E-state index contributed by atoms with van der Waals surface area (Å²) in [6.07, 6.45) is 0.777. The molecule has 6 heteroatoms. The average Bonchev–Trinajstić information content (AvgIpc) is 2.53. The van der Waals surface area contributed by atoms with Crippen LogP contribution in [0.4, 0.5) is 10.1 Å². The first-order valence-corrected chi connectivity index (χ1v) is 7.50. The Bertz CT molecular complexity index is 734. The van der Waals surface area contributed by atoms with E-state index in [0.29, 0.717) is 5.69 Å². The number of carbonyl (C=O) groups excluding carboxylic acids is 2. The molecule has 0 aromatic heterocycles.